The minimum Gasteiger partial charge on any atom is -0.388 e. The van der Waals surface area contributed by atoms with Gasteiger partial charge in [-0.2, -0.15) is 0 Å². The van der Waals surface area contributed by atoms with Crippen molar-refractivity contribution >= 4 is 27.3 Å². The van der Waals surface area contributed by atoms with Crippen molar-refractivity contribution < 1.29 is 5.11 Å². The summed E-state index contributed by atoms with van der Waals surface area (Å²) in [5.74, 6) is 0. The fourth-order valence-electron chi connectivity index (χ4n) is 2.96. The highest BCUT2D eigenvalue weighted by Gasteiger charge is 2.40. The van der Waals surface area contributed by atoms with Crippen molar-refractivity contribution in [2.45, 2.75) is 52.1 Å². The Hall–Kier alpha value is 0.140. The molecule has 1 aromatic heterocycles. The maximum Gasteiger partial charge on any atom is 0.0857 e. The van der Waals surface area contributed by atoms with E-state index in [2.05, 4.69) is 35.8 Å². The molecule has 3 heteroatoms. The van der Waals surface area contributed by atoms with Gasteiger partial charge in [-0.15, -0.1) is 11.3 Å². The quantitative estimate of drug-likeness (QED) is 0.848. The molecule has 1 aliphatic carbocycles. The highest BCUT2D eigenvalue weighted by molar-refractivity contribution is 9.11. The van der Waals surface area contributed by atoms with Crippen molar-refractivity contribution in [1.29, 1.82) is 0 Å². The molecule has 0 aliphatic heterocycles. The average molecular weight is 303 g/mol. The fourth-order valence-corrected chi connectivity index (χ4v) is 4.70. The van der Waals surface area contributed by atoms with Crippen molar-refractivity contribution in [1.82, 2.24) is 0 Å². The molecule has 0 aromatic carbocycles. The Morgan fingerprint density at radius 2 is 2.12 bits per heavy atom. The Kier molecular flexibility index (Phi) is 3.77. The van der Waals surface area contributed by atoms with Crippen molar-refractivity contribution in [3.8, 4) is 0 Å². The van der Waals surface area contributed by atoms with E-state index in [1.165, 1.54) is 30.6 Å². The molecule has 1 fully saturated rings. The number of aliphatic hydroxyl groups excluding tert-OH is 1. The monoisotopic (exact) mass is 302 g/mol. The van der Waals surface area contributed by atoms with Crippen LogP contribution in [0.25, 0.3) is 0 Å². The highest BCUT2D eigenvalue weighted by Crippen LogP contribution is 2.51. The molecule has 90 valence electrons. The Morgan fingerprint density at radius 1 is 1.50 bits per heavy atom. The lowest BCUT2D eigenvalue weighted by molar-refractivity contribution is 0.0236. The van der Waals surface area contributed by atoms with Gasteiger partial charge in [-0.1, -0.05) is 19.8 Å². The van der Waals surface area contributed by atoms with Crippen LogP contribution in [0.3, 0.4) is 0 Å². The maximum absolute atomic E-state index is 10.7. The Balaban J connectivity index is 2.29. The van der Waals surface area contributed by atoms with Crippen LogP contribution >= 0.6 is 27.3 Å². The first-order valence-corrected chi connectivity index (χ1v) is 7.64. The smallest absolute Gasteiger partial charge is 0.0857 e. The molecule has 1 saturated carbocycles. The zero-order chi connectivity index (χ0) is 11.8. The molecule has 1 nitrogen and oxygen atoms in total. The predicted octanol–water partition coefficient (Wildman–Crippen LogP) is 4.82. The molecule has 1 aromatic rings. The number of rotatable bonds is 3. The summed E-state index contributed by atoms with van der Waals surface area (Å²) in [6.07, 6.45) is 5.71. The van der Waals surface area contributed by atoms with Crippen LogP contribution in [0.15, 0.2) is 9.85 Å². The molecular weight excluding hydrogens is 284 g/mol. The molecule has 16 heavy (non-hydrogen) atoms. The van der Waals surface area contributed by atoms with Gasteiger partial charge in [0.15, 0.2) is 0 Å². The van der Waals surface area contributed by atoms with E-state index in [1.807, 2.05) is 0 Å². The standard InChI is InChI=1S/C13H19BrOS/c1-3-13(6-4-5-7-13)12(15)10-8-11(14)16-9(10)2/h8,12,15H,3-7H2,1-2H3. The molecule has 1 unspecified atom stereocenters. The molecule has 1 atom stereocenters. The van der Waals surface area contributed by atoms with Gasteiger partial charge in [0.1, 0.15) is 0 Å². The van der Waals surface area contributed by atoms with Crippen molar-refractivity contribution in [3.05, 3.63) is 20.3 Å². The van der Waals surface area contributed by atoms with Crippen molar-refractivity contribution in [2.75, 3.05) is 0 Å². The third kappa shape index (κ3) is 2.09. The summed E-state index contributed by atoms with van der Waals surface area (Å²) in [6, 6.07) is 2.10. The van der Waals surface area contributed by atoms with Crippen LogP contribution in [0.1, 0.15) is 55.6 Å². The second kappa shape index (κ2) is 4.79. The minimum atomic E-state index is -0.275. The van der Waals surface area contributed by atoms with E-state index in [-0.39, 0.29) is 11.5 Å². The van der Waals surface area contributed by atoms with Crippen molar-refractivity contribution in [2.24, 2.45) is 5.41 Å². The lowest BCUT2D eigenvalue weighted by atomic mass is 9.75. The van der Waals surface area contributed by atoms with Crippen LogP contribution in [0.4, 0.5) is 0 Å². The first-order chi connectivity index (χ1) is 7.59. The Morgan fingerprint density at radius 3 is 2.56 bits per heavy atom. The number of halogens is 1. The largest absolute Gasteiger partial charge is 0.388 e. The topological polar surface area (TPSA) is 20.2 Å². The molecular formula is C13H19BrOS. The van der Waals surface area contributed by atoms with Gasteiger partial charge in [-0.25, -0.2) is 0 Å². The third-order valence-corrected chi connectivity index (χ3v) is 5.67. The SMILES string of the molecule is CCC1(C(O)c2cc(Br)sc2C)CCCC1. The number of hydrogen-bond donors (Lipinski definition) is 1. The first-order valence-electron chi connectivity index (χ1n) is 6.03. The summed E-state index contributed by atoms with van der Waals surface area (Å²) in [4.78, 5) is 1.25. The minimum absolute atomic E-state index is 0.144. The van der Waals surface area contributed by atoms with E-state index in [1.54, 1.807) is 11.3 Å². The summed E-state index contributed by atoms with van der Waals surface area (Å²) in [6.45, 7) is 4.32. The number of aliphatic hydroxyl groups is 1. The number of aryl methyl sites for hydroxylation is 1. The van der Waals surface area contributed by atoms with E-state index >= 15 is 0 Å². The Labute approximate surface area is 110 Å². The molecule has 2 rings (SSSR count). The van der Waals surface area contributed by atoms with Gasteiger partial charge in [0, 0.05) is 10.3 Å². The van der Waals surface area contributed by atoms with Crippen LogP contribution in [0.5, 0.6) is 0 Å². The second-order valence-electron chi connectivity index (χ2n) is 4.89. The normalized spacial score (nSPS) is 21.2. The van der Waals surface area contributed by atoms with Crippen LogP contribution in [0.2, 0.25) is 0 Å². The van der Waals surface area contributed by atoms with Crippen LogP contribution in [-0.4, -0.2) is 5.11 Å². The molecule has 1 heterocycles. The lowest BCUT2D eigenvalue weighted by Gasteiger charge is -2.33. The molecule has 0 amide bonds. The summed E-state index contributed by atoms with van der Waals surface area (Å²) in [5, 5.41) is 10.7. The number of thiophene rings is 1. The second-order valence-corrected chi connectivity index (χ2v) is 7.52. The number of hydrogen-bond acceptors (Lipinski definition) is 2. The third-order valence-electron chi connectivity index (χ3n) is 4.10. The van der Waals surface area contributed by atoms with Gasteiger partial charge >= 0.3 is 0 Å². The van der Waals surface area contributed by atoms with Crippen LogP contribution in [0, 0.1) is 12.3 Å². The summed E-state index contributed by atoms with van der Waals surface area (Å²) in [5.41, 5.74) is 1.28. The van der Waals surface area contributed by atoms with Gasteiger partial charge in [0.05, 0.1) is 9.89 Å². The van der Waals surface area contributed by atoms with E-state index in [0.29, 0.717) is 0 Å². The fraction of sp³-hybridized carbons (Fsp3) is 0.692. The first kappa shape index (κ1) is 12.6. The van der Waals surface area contributed by atoms with Crippen LogP contribution in [-0.2, 0) is 0 Å². The van der Waals surface area contributed by atoms with E-state index in [0.717, 1.165) is 15.8 Å². The summed E-state index contributed by atoms with van der Waals surface area (Å²) >= 11 is 5.23. The highest BCUT2D eigenvalue weighted by atomic mass is 79.9. The lowest BCUT2D eigenvalue weighted by Crippen LogP contribution is -2.25. The zero-order valence-electron chi connectivity index (χ0n) is 9.92. The Bertz CT molecular complexity index is 366. The maximum atomic E-state index is 10.7. The van der Waals surface area contributed by atoms with Crippen LogP contribution < -0.4 is 0 Å². The van der Waals surface area contributed by atoms with E-state index in [4.69, 9.17) is 0 Å². The van der Waals surface area contributed by atoms with Gasteiger partial charge in [0.2, 0.25) is 0 Å². The molecule has 0 radical (unpaired) electrons. The summed E-state index contributed by atoms with van der Waals surface area (Å²) in [7, 11) is 0. The van der Waals surface area contributed by atoms with Gasteiger partial charge < -0.3 is 5.11 Å². The van der Waals surface area contributed by atoms with E-state index < -0.39 is 0 Å². The van der Waals surface area contributed by atoms with Crippen molar-refractivity contribution in [3.63, 3.8) is 0 Å². The molecule has 1 N–H and O–H groups in total. The van der Waals surface area contributed by atoms with Gasteiger partial charge in [-0.05, 0) is 53.7 Å². The van der Waals surface area contributed by atoms with Gasteiger partial charge in [0.25, 0.3) is 0 Å². The molecule has 0 bridgehead atoms. The average Bonchev–Trinajstić information content (AvgIpc) is 2.85. The summed E-state index contributed by atoms with van der Waals surface area (Å²) < 4.78 is 1.13. The van der Waals surface area contributed by atoms with Gasteiger partial charge in [-0.3, -0.25) is 0 Å². The molecule has 0 saturated heterocycles. The zero-order valence-corrected chi connectivity index (χ0v) is 12.3. The molecule has 1 aliphatic rings. The van der Waals surface area contributed by atoms with E-state index in [9.17, 15) is 5.11 Å². The molecule has 0 spiro atoms. The predicted molar refractivity (Wildman–Crippen MR) is 72.9 cm³/mol.